The Bertz CT molecular complexity index is 638. The van der Waals surface area contributed by atoms with Gasteiger partial charge in [-0.1, -0.05) is 11.2 Å². The number of carbonyl (C=O) groups is 2. The number of thiophene rings is 1. The minimum absolute atomic E-state index is 0.0821. The van der Waals surface area contributed by atoms with Crippen molar-refractivity contribution in [3.05, 3.63) is 22.4 Å². The third-order valence-corrected chi connectivity index (χ3v) is 5.13. The average Bonchev–Trinajstić information content (AvgIpc) is 3.25. The number of piperazine rings is 1. The highest BCUT2D eigenvalue weighted by atomic mass is 32.1. The van der Waals surface area contributed by atoms with Crippen molar-refractivity contribution in [3.63, 3.8) is 0 Å². The largest absolute Gasteiger partial charge is 0.450 e. The minimum Gasteiger partial charge on any atom is -0.450 e. The number of hydrogen-bond acceptors (Lipinski definition) is 6. The predicted octanol–water partition coefficient (Wildman–Crippen LogP) is 1.93. The van der Waals surface area contributed by atoms with Crippen molar-refractivity contribution in [2.75, 3.05) is 32.8 Å². The van der Waals surface area contributed by atoms with Gasteiger partial charge in [-0.05, 0) is 25.3 Å². The van der Waals surface area contributed by atoms with Crippen LogP contribution in [0.2, 0.25) is 0 Å². The molecule has 3 rings (SSSR count). The van der Waals surface area contributed by atoms with Crippen LogP contribution in [0, 0.1) is 0 Å². The number of ether oxygens (including phenoxy) is 1. The van der Waals surface area contributed by atoms with Gasteiger partial charge in [0.25, 0.3) is 5.91 Å². The highest BCUT2D eigenvalue weighted by Gasteiger charge is 2.45. The lowest BCUT2D eigenvalue weighted by Crippen LogP contribution is -2.56. The summed E-state index contributed by atoms with van der Waals surface area (Å²) in [4.78, 5) is 34.5. The van der Waals surface area contributed by atoms with Crippen molar-refractivity contribution in [1.29, 1.82) is 0 Å². The molecule has 2 aliphatic heterocycles. The average molecular weight is 351 g/mol. The summed E-state index contributed by atoms with van der Waals surface area (Å²) in [6.07, 6.45) is 0.140. The topological polar surface area (TPSA) is 71.4 Å². The molecule has 8 heteroatoms. The lowest BCUT2D eigenvalue weighted by Gasteiger charge is -2.37. The Morgan fingerprint density at radius 1 is 1.33 bits per heavy atom. The molecule has 0 radical (unpaired) electrons. The van der Waals surface area contributed by atoms with Gasteiger partial charge in [-0.2, -0.15) is 0 Å². The molecule has 1 saturated heterocycles. The maximum Gasteiger partial charge on any atom is 0.409 e. The number of hydrogen-bond donors (Lipinski definition) is 0. The van der Waals surface area contributed by atoms with Gasteiger partial charge in [0.1, 0.15) is 5.71 Å². The SMILES string of the molecule is CCOC(=O)N1CCN(C(=O)C2(C)CC(c3cccs3)=NO2)CC1. The molecule has 130 valence electrons. The fourth-order valence-corrected chi connectivity index (χ4v) is 3.58. The fraction of sp³-hybridized carbons (Fsp3) is 0.562. The number of carbonyl (C=O) groups excluding carboxylic acids is 2. The Kier molecular flexibility index (Phi) is 4.75. The Morgan fingerprint density at radius 3 is 2.67 bits per heavy atom. The van der Waals surface area contributed by atoms with Crippen LogP contribution >= 0.6 is 11.3 Å². The second-order valence-corrected chi connectivity index (χ2v) is 6.94. The highest BCUT2D eigenvalue weighted by molar-refractivity contribution is 7.12. The summed E-state index contributed by atoms with van der Waals surface area (Å²) in [7, 11) is 0. The van der Waals surface area contributed by atoms with Gasteiger partial charge in [0.15, 0.2) is 0 Å². The smallest absolute Gasteiger partial charge is 0.409 e. The Labute approximate surface area is 144 Å². The van der Waals surface area contributed by atoms with Crippen molar-refractivity contribution in [1.82, 2.24) is 9.80 Å². The van der Waals surface area contributed by atoms with Crippen LogP contribution < -0.4 is 0 Å². The predicted molar refractivity (Wildman–Crippen MR) is 90.1 cm³/mol. The first-order chi connectivity index (χ1) is 11.5. The van der Waals surface area contributed by atoms with E-state index in [0.717, 1.165) is 10.6 Å². The molecule has 1 fully saturated rings. The van der Waals surface area contributed by atoms with E-state index >= 15 is 0 Å². The van der Waals surface area contributed by atoms with Crippen LogP contribution in [0.5, 0.6) is 0 Å². The number of nitrogens with zero attached hydrogens (tertiary/aromatic N) is 3. The van der Waals surface area contributed by atoms with E-state index in [1.165, 1.54) is 0 Å². The summed E-state index contributed by atoms with van der Waals surface area (Å²) in [5, 5.41) is 6.09. The standard InChI is InChI=1S/C16H21N3O4S/c1-3-22-15(21)19-8-6-18(7-9-19)14(20)16(2)11-12(17-23-16)13-5-4-10-24-13/h4-5,10H,3,6-9,11H2,1-2H3. The van der Waals surface area contributed by atoms with Crippen molar-refractivity contribution in [2.24, 2.45) is 5.16 Å². The molecule has 0 saturated carbocycles. The van der Waals surface area contributed by atoms with Crippen molar-refractivity contribution < 1.29 is 19.2 Å². The van der Waals surface area contributed by atoms with E-state index in [1.807, 2.05) is 17.5 Å². The normalized spacial score (nSPS) is 23.7. The molecule has 24 heavy (non-hydrogen) atoms. The zero-order valence-corrected chi connectivity index (χ0v) is 14.7. The quantitative estimate of drug-likeness (QED) is 0.834. The van der Waals surface area contributed by atoms with Gasteiger partial charge in [0, 0.05) is 32.6 Å². The lowest BCUT2D eigenvalue weighted by molar-refractivity contribution is -0.154. The lowest BCUT2D eigenvalue weighted by atomic mass is 9.97. The molecule has 0 aliphatic carbocycles. The van der Waals surface area contributed by atoms with Crippen molar-refractivity contribution in [2.45, 2.75) is 25.9 Å². The molecule has 3 heterocycles. The van der Waals surface area contributed by atoms with E-state index in [4.69, 9.17) is 9.57 Å². The van der Waals surface area contributed by atoms with Gasteiger partial charge in [-0.25, -0.2) is 4.79 Å². The Balaban J connectivity index is 1.57. The molecule has 2 aliphatic rings. The number of oxime groups is 1. The molecule has 1 unspecified atom stereocenters. The molecule has 0 spiro atoms. The zero-order valence-electron chi connectivity index (χ0n) is 13.9. The summed E-state index contributed by atoms with van der Waals surface area (Å²) in [6, 6.07) is 3.93. The fourth-order valence-electron chi connectivity index (χ4n) is 2.87. The molecule has 1 aromatic heterocycles. The molecule has 0 bridgehead atoms. The summed E-state index contributed by atoms with van der Waals surface area (Å²) in [5.74, 6) is -0.0821. The van der Waals surface area contributed by atoms with E-state index in [1.54, 1.807) is 35.0 Å². The first kappa shape index (κ1) is 16.8. The molecule has 7 nitrogen and oxygen atoms in total. The molecule has 0 N–H and O–H groups in total. The Morgan fingerprint density at radius 2 is 2.04 bits per heavy atom. The molecule has 0 aromatic carbocycles. The van der Waals surface area contributed by atoms with Gasteiger partial charge < -0.3 is 19.4 Å². The van der Waals surface area contributed by atoms with E-state index in [-0.39, 0.29) is 12.0 Å². The summed E-state index contributed by atoms with van der Waals surface area (Å²) >= 11 is 1.58. The summed E-state index contributed by atoms with van der Waals surface area (Å²) in [5.41, 5.74) is -0.156. The summed E-state index contributed by atoms with van der Waals surface area (Å²) in [6.45, 7) is 5.81. The van der Waals surface area contributed by atoms with Crippen LogP contribution in [-0.2, 0) is 14.4 Å². The van der Waals surface area contributed by atoms with Crippen LogP contribution in [0.4, 0.5) is 4.79 Å². The van der Waals surface area contributed by atoms with Gasteiger partial charge in [-0.3, -0.25) is 4.79 Å². The maximum absolute atomic E-state index is 12.8. The monoisotopic (exact) mass is 351 g/mol. The van der Waals surface area contributed by atoms with Crippen LogP contribution in [-0.4, -0.2) is 65.9 Å². The van der Waals surface area contributed by atoms with E-state index in [9.17, 15) is 9.59 Å². The van der Waals surface area contributed by atoms with Crippen LogP contribution in [0.1, 0.15) is 25.1 Å². The highest BCUT2D eigenvalue weighted by Crippen LogP contribution is 2.30. The van der Waals surface area contributed by atoms with Crippen LogP contribution in [0.25, 0.3) is 0 Å². The maximum atomic E-state index is 12.8. The van der Waals surface area contributed by atoms with Gasteiger partial charge in [-0.15, -0.1) is 11.3 Å². The molecule has 2 amide bonds. The number of amides is 2. The van der Waals surface area contributed by atoms with E-state index in [0.29, 0.717) is 39.2 Å². The van der Waals surface area contributed by atoms with Gasteiger partial charge in [0.2, 0.25) is 5.60 Å². The van der Waals surface area contributed by atoms with Gasteiger partial charge in [0.05, 0.1) is 11.5 Å². The second kappa shape index (κ2) is 6.80. The van der Waals surface area contributed by atoms with Crippen molar-refractivity contribution in [3.8, 4) is 0 Å². The number of rotatable bonds is 3. The molecular weight excluding hydrogens is 330 g/mol. The molecule has 1 atom stereocenters. The first-order valence-electron chi connectivity index (χ1n) is 8.03. The van der Waals surface area contributed by atoms with Crippen LogP contribution in [0.3, 0.4) is 0 Å². The second-order valence-electron chi connectivity index (χ2n) is 5.99. The van der Waals surface area contributed by atoms with Crippen molar-refractivity contribution >= 4 is 29.0 Å². The third-order valence-electron chi connectivity index (χ3n) is 4.21. The Hall–Kier alpha value is -2.09. The zero-order chi connectivity index (χ0) is 17.2. The first-order valence-corrected chi connectivity index (χ1v) is 8.91. The third kappa shape index (κ3) is 3.24. The van der Waals surface area contributed by atoms with Gasteiger partial charge >= 0.3 is 6.09 Å². The molecule has 1 aromatic rings. The summed E-state index contributed by atoms with van der Waals surface area (Å²) < 4.78 is 4.99. The van der Waals surface area contributed by atoms with E-state index in [2.05, 4.69) is 5.16 Å². The van der Waals surface area contributed by atoms with Crippen LogP contribution in [0.15, 0.2) is 22.7 Å². The molecular formula is C16H21N3O4S. The minimum atomic E-state index is -0.967. The van der Waals surface area contributed by atoms with E-state index < -0.39 is 5.60 Å².